The smallest absolute Gasteiger partial charge is 0.193 e. The molecule has 0 amide bonds. The van der Waals surface area contributed by atoms with E-state index in [2.05, 4.69) is 4.99 Å². The Hall–Kier alpha value is -1.75. The van der Waals surface area contributed by atoms with Gasteiger partial charge in [-0.25, -0.2) is 4.99 Å². The van der Waals surface area contributed by atoms with Crippen LogP contribution in [0.5, 0.6) is 0 Å². The number of likely N-dealkylation sites (N-methyl/N-ethyl adjacent to an activating group) is 1. The van der Waals surface area contributed by atoms with E-state index < -0.39 is 12.1 Å². The minimum Gasteiger partial charge on any atom is -0.370 e. The first-order valence-electron chi connectivity index (χ1n) is 3.06. The lowest BCUT2D eigenvalue weighted by molar-refractivity contribution is 0.448. The van der Waals surface area contributed by atoms with E-state index in [0.29, 0.717) is 0 Å². The van der Waals surface area contributed by atoms with Gasteiger partial charge in [0.1, 0.15) is 0 Å². The molecule has 0 saturated carbocycles. The van der Waals surface area contributed by atoms with Gasteiger partial charge >= 0.3 is 0 Å². The van der Waals surface area contributed by atoms with Gasteiger partial charge in [0, 0.05) is 7.05 Å². The standard InChI is InChI=1S/C6H7N5/c1-11-5(3-8)4(2-7)10-6(11)9/h4-5H,1H3,(H2,9,10). The van der Waals surface area contributed by atoms with Crippen molar-refractivity contribution in [1.29, 1.82) is 10.5 Å². The predicted molar refractivity (Wildman–Crippen MR) is 38.2 cm³/mol. The summed E-state index contributed by atoms with van der Waals surface area (Å²) >= 11 is 0. The minimum absolute atomic E-state index is 0.253. The molecule has 5 nitrogen and oxygen atoms in total. The van der Waals surface area contributed by atoms with Crippen LogP contribution in [0.1, 0.15) is 0 Å². The van der Waals surface area contributed by atoms with E-state index in [1.807, 2.05) is 12.1 Å². The Morgan fingerprint density at radius 1 is 1.55 bits per heavy atom. The molecule has 2 unspecified atom stereocenters. The second-order valence-corrected chi connectivity index (χ2v) is 2.25. The molecule has 1 aliphatic heterocycles. The molecule has 5 heteroatoms. The molecule has 0 radical (unpaired) electrons. The molecule has 1 rings (SSSR count). The fraction of sp³-hybridized carbons (Fsp3) is 0.500. The zero-order valence-electron chi connectivity index (χ0n) is 6.02. The Morgan fingerprint density at radius 2 is 2.18 bits per heavy atom. The fourth-order valence-corrected chi connectivity index (χ4v) is 0.915. The summed E-state index contributed by atoms with van der Waals surface area (Å²) in [6.07, 6.45) is 0. The Kier molecular flexibility index (Phi) is 1.65. The summed E-state index contributed by atoms with van der Waals surface area (Å²) in [6.45, 7) is 0. The molecule has 0 bridgehead atoms. The Bertz CT molecular complexity index is 268. The normalized spacial score (nSPS) is 29.0. The first-order chi connectivity index (χ1) is 5.20. The van der Waals surface area contributed by atoms with Crippen molar-refractivity contribution < 1.29 is 0 Å². The van der Waals surface area contributed by atoms with Crippen LogP contribution >= 0.6 is 0 Å². The van der Waals surface area contributed by atoms with Crippen molar-refractivity contribution >= 4 is 5.96 Å². The van der Waals surface area contributed by atoms with Gasteiger partial charge in [-0.2, -0.15) is 10.5 Å². The average Bonchev–Trinajstić information content (AvgIpc) is 2.28. The topological polar surface area (TPSA) is 89.2 Å². The summed E-state index contributed by atoms with van der Waals surface area (Å²) in [5, 5.41) is 17.1. The Balaban J connectivity index is 2.88. The lowest BCUT2D eigenvalue weighted by Crippen LogP contribution is -2.38. The van der Waals surface area contributed by atoms with E-state index in [1.165, 1.54) is 4.90 Å². The molecule has 0 aromatic rings. The zero-order chi connectivity index (χ0) is 8.43. The highest BCUT2D eigenvalue weighted by Crippen LogP contribution is 2.11. The summed E-state index contributed by atoms with van der Waals surface area (Å²) in [6, 6.07) is 2.69. The maximum absolute atomic E-state index is 8.58. The number of nitrogens with two attached hydrogens (primary N) is 1. The molecule has 1 heterocycles. The summed E-state index contributed by atoms with van der Waals surface area (Å²) in [5.41, 5.74) is 5.38. The van der Waals surface area contributed by atoms with Gasteiger partial charge in [-0.1, -0.05) is 0 Å². The molecule has 0 spiro atoms. The van der Waals surface area contributed by atoms with Gasteiger partial charge in [0.15, 0.2) is 18.0 Å². The highest BCUT2D eigenvalue weighted by Gasteiger charge is 2.32. The maximum Gasteiger partial charge on any atom is 0.193 e. The summed E-state index contributed by atoms with van der Waals surface area (Å²) in [7, 11) is 1.64. The van der Waals surface area contributed by atoms with Crippen LogP contribution in [0.4, 0.5) is 0 Å². The zero-order valence-corrected chi connectivity index (χ0v) is 6.02. The van der Waals surface area contributed by atoms with Crippen LogP contribution in [0, 0.1) is 22.7 Å². The number of rotatable bonds is 0. The number of hydrogen-bond acceptors (Lipinski definition) is 5. The summed E-state index contributed by atoms with van der Waals surface area (Å²) < 4.78 is 0. The number of nitriles is 2. The van der Waals surface area contributed by atoms with Gasteiger partial charge in [0.2, 0.25) is 0 Å². The third-order valence-corrected chi connectivity index (χ3v) is 1.61. The molecule has 0 saturated heterocycles. The van der Waals surface area contributed by atoms with Crippen molar-refractivity contribution in [2.24, 2.45) is 10.7 Å². The maximum atomic E-state index is 8.58. The Morgan fingerprint density at radius 3 is 2.55 bits per heavy atom. The van der Waals surface area contributed by atoms with Crippen LogP contribution in [0.3, 0.4) is 0 Å². The van der Waals surface area contributed by atoms with E-state index in [4.69, 9.17) is 16.3 Å². The van der Waals surface area contributed by atoms with Crippen LogP contribution < -0.4 is 5.73 Å². The van der Waals surface area contributed by atoms with Gasteiger partial charge in [0.25, 0.3) is 0 Å². The molecular formula is C6H7N5. The second-order valence-electron chi connectivity index (χ2n) is 2.25. The molecule has 1 aliphatic rings. The molecule has 56 valence electrons. The van der Waals surface area contributed by atoms with Gasteiger partial charge < -0.3 is 10.6 Å². The monoisotopic (exact) mass is 149 g/mol. The minimum atomic E-state index is -0.634. The first kappa shape index (κ1) is 7.36. The summed E-state index contributed by atoms with van der Waals surface area (Å²) in [5.74, 6) is 0.253. The molecule has 0 aliphatic carbocycles. The largest absolute Gasteiger partial charge is 0.370 e. The molecular weight excluding hydrogens is 142 g/mol. The van der Waals surface area contributed by atoms with Crippen LogP contribution in [0.2, 0.25) is 0 Å². The fourth-order valence-electron chi connectivity index (χ4n) is 0.915. The number of hydrogen-bond donors (Lipinski definition) is 1. The van der Waals surface area contributed by atoms with E-state index in [9.17, 15) is 0 Å². The quantitative estimate of drug-likeness (QED) is 0.480. The van der Waals surface area contributed by atoms with Crippen molar-refractivity contribution in [1.82, 2.24) is 4.90 Å². The van der Waals surface area contributed by atoms with Crippen molar-refractivity contribution in [3.63, 3.8) is 0 Å². The second kappa shape index (κ2) is 2.47. The lowest BCUT2D eigenvalue weighted by atomic mass is 10.2. The van der Waals surface area contributed by atoms with Gasteiger partial charge in [-0.3, -0.25) is 0 Å². The van der Waals surface area contributed by atoms with Gasteiger partial charge in [-0.05, 0) is 0 Å². The van der Waals surface area contributed by atoms with Crippen LogP contribution in [-0.2, 0) is 0 Å². The molecule has 0 aromatic heterocycles. The van der Waals surface area contributed by atoms with Crippen LogP contribution in [0.25, 0.3) is 0 Å². The van der Waals surface area contributed by atoms with E-state index in [0.717, 1.165) is 0 Å². The third kappa shape index (κ3) is 0.968. The van der Waals surface area contributed by atoms with Gasteiger partial charge in [0.05, 0.1) is 12.1 Å². The SMILES string of the molecule is CN1C(N)=NC(C#N)C1C#N. The molecule has 11 heavy (non-hydrogen) atoms. The van der Waals surface area contributed by atoms with E-state index >= 15 is 0 Å². The summed E-state index contributed by atoms with van der Waals surface area (Å²) in [4.78, 5) is 5.27. The van der Waals surface area contributed by atoms with Crippen molar-refractivity contribution in [2.75, 3.05) is 7.05 Å². The van der Waals surface area contributed by atoms with Crippen molar-refractivity contribution in [2.45, 2.75) is 12.1 Å². The number of aliphatic imine (C=N–C) groups is 1. The molecule has 0 fully saturated rings. The van der Waals surface area contributed by atoms with E-state index in [1.54, 1.807) is 7.05 Å². The highest BCUT2D eigenvalue weighted by molar-refractivity contribution is 5.81. The Labute approximate surface area is 64.3 Å². The third-order valence-electron chi connectivity index (χ3n) is 1.61. The average molecular weight is 149 g/mol. The molecule has 2 atom stereocenters. The lowest BCUT2D eigenvalue weighted by Gasteiger charge is -2.14. The predicted octanol–water partition coefficient (Wildman–Crippen LogP) is -0.969. The number of nitrogens with zero attached hydrogens (tertiary/aromatic N) is 4. The molecule has 2 N–H and O–H groups in total. The first-order valence-corrected chi connectivity index (χ1v) is 3.06. The van der Waals surface area contributed by atoms with Crippen molar-refractivity contribution in [3.8, 4) is 12.1 Å². The van der Waals surface area contributed by atoms with Crippen molar-refractivity contribution in [3.05, 3.63) is 0 Å². The molecule has 0 aromatic carbocycles. The highest BCUT2D eigenvalue weighted by atomic mass is 15.3. The van der Waals surface area contributed by atoms with Crippen LogP contribution in [0.15, 0.2) is 4.99 Å². The van der Waals surface area contributed by atoms with Gasteiger partial charge in [-0.15, -0.1) is 0 Å². The van der Waals surface area contributed by atoms with Crippen LogP contribution in [-0.4, -0.2) is 30.0 Å². The number of guanidine groups is 1. The van der Waals surface area contributed by atoms with E-state index in [-0.39, 0.29) is 5.96 Å².